The number of carbonyl (C=O) groups is 1. The second kappa shape index (κ2) is 6.41. The lowest BCUT2D eigenvalue weighted by Crippen LogP contribution is -2.50. The monoisotopic (exact) mass is 288 g/mol. The van der Waals surface area contributed by atoms with Crippen LogP contribution in [-0.4, -0.2) is 23.0 Å². The molecular weight excluding hydrogens is 271 g/mol. The number of hydrogen-bond donors (Lipinski definition) is 1. The van der Waals surface area contributed by atoms with Crippen LogP contribution in [0.2, 0.25) is 10.0 Å². The Morgan fingerprint density at radius 3 is 2.22 bits per heavy atom. The van der Waals surface area contributed by atoms with Crippen molar-refractivity contribution in [3.63, 3.8) is 0 Å². The number of rotatable bonds is 4. The third kappa shape index (κ3) is 3.87. The predicted molar refractivity (Wildman–Crippen MR) is 76.0 cm³/mol. The lowest BCUT2D eigenvalue weighted by atomic mass is 10.2. The summed E-state index contributed by atoms with van der Waals surface area (Å²) in [6, 6.07) is 5.12. The largest absolute Gasteiger partial charge is 0.271 e. The predicted octanol–water partition coefficient (Wildman–Crippen LogP) is 3.76. The summed E-state index contributed by atoms with van der Waals surface area (Å²) in [5.74, 6) is -0.114. The Morgan fingerprint density at radius 2 is 1.78 bits per heavy atom. The number of carbonyl (C=O) groups excluding carboxylic acids is 1. The smallest absolute Gasteiger partial charge is 0.268 e. The van der Waals surface area contributed by atoms with Gasteiger partial charge < -0.3 is 0 Å². The number of halogens is 2. The molecule has 3 nitrogen and oxygen atoms in total. The molecular formula is C13H18Cl2N2O. The zero-order chi connectivity index (χ0) is 13.9. The number of benzene rings is 1. The summed E-state index contributed by atoms with van der Waals surface area (Å²) in [5, 5.41) is 2.43. The number of nitrogens with one attached hydrogen (secondary N) is 1. The maximum atomic E-state index is 12.3. The minimum Gasteiger partial charge on any atom is -0.271 e. The van der Waals surface area contributed by atoms with Crippen molar-refractivity contribution in [2.24, 2.45) is 0 Å². The molecule has 0 saturated carbocycles. The van der Waals surface area contributed by atoms with Crippen LogP contribution in [0.3, 0.4) is 0 Å². The van der Waals surface area contributed by atoms with Gasteiger partial charge in [0.25, 0.3) is 5.91 Å². The van der Waals surface area contributed by atoms with E-state index < -0.39 is 0 Å². The third-order valence-corrected chi connectivity index (χ3v) is 3.04. The molecule has 0 aliphatic carbocycles. The van der Waals surface area contributed by atoms with Gasteiger partial charge in [-0.25, -0.2) is 5.43 Å². The van der Waals surface area contributed by atoms with Gasteiger partial charge in [-0.3, -0.25) is 9.80 Å². The van der Waals surface area contributed by atoms with Gasteiger partial charge in [0.1, 0.15) is 0 Å². The van der Waals surface area contributed by atoms with E-state index in [-0.39, 0.29) is 18.0 Å². The molecule has 0 spiro atoms. The second-order valence-corrected chi connectivity index (χ2v) is 5.50. The Balaban J connectivity index is 2.98. The summed E-state index contributed by atoms with van der Waals surface area (Å²) >= 11 is 11.8. The first-order valence-corrected chi connectivity index (χ1v) is 6.63. The topological polar surface area (TPSA) is 32.3 Å². The lowest BCUT2D eigenvalue weighted by molar-refractivity contribution is 0.0550. The zero-order valence-electron chi connectivity index (χ0n) is 11.0. The Kier molecular flexibility index (Phi) is 5.45. The molecule has 1 N–H and O–H groups in total. The highest BCUT2D eigenvalue weighted by molar-refractivity contribution is 6.42. The Hall–Kier alpha value is -0.770. The van der Waals surface area contributed by atoms with Crippen LogP contribution in [0.15, 0.2) is 18.2 Å². The van der Waals surface area contributed by atoms with Crippen molar-refractivity contribution >= 4 is 29.1 Å². The van der Waals surface area contributed by atoms with Crippen LogP contribution in [0.5, 0.6) is 0 Å². The van der Waals surface area contributed by atoms with Crippen molar-refractivity contribution in [2.75, 3.05) is 0 Å². The molecule has 0 saturated heterocycles. The molecule has 0 atom stereocenters. The van der Waals surface area contributed by atoms with Gasteiger partial charge in [0, 0.05) is 17.6 Å². The Bertz CT molecular complexity index is 433. The minimum absolute atomic E-state index is 0.0503. The molecule has 1 amide bonds. The average Bonchev–Trinajstić information content (AvgIpc) is 2.28. The molecule has 1 rings (SSSR count). The summed E-state index contributed by atoms with van der Waals surface area (Å²) in [7, 11) is 0. The van der Waals surface area contributed by atoms with Crippen molar-refractivity contribution in [2.45, 2.75) is 39.8 Å². The molecule has 0 aromatic heterocycles. The summed E-state index contributed by atoms with van der Waals surface area (Å²) in [5.41, 5.74) is 3.64. The molecule has 18 heavy (non-hydrogen) atoms. The van der Waals surface area contributed by atoms with Crippen LogP contribution in [0.25, 0.3) is 0 Å². The molecule has 0 fully saturated rings. The fourth-order valence-electron chi connectivity index (χ4n) is 1.49. The van der Waals surface area contributed by atoms with E-state index in [1.54, 1.807) is 23.2 Å². The van der Waals surface area contributed by atoms with Crippen LogP contribution in [-0.2, 0) is 0 Å². The first-order chi connectivity index (χ1) is 8.32. The Morgan fingerprint density at radius 1 is 1.17 bits per heavy atom. The van der Waals surface area contributed by atoms with Crippen molar-refractivity contribution in [3.05, 3.63) is 33.8 Å². The third-order valence-electron chi connectivity index (χ3n) is 2.30. The molecule has 0 aliphatic heterocycles. The molecule has 0 radical (unpaired) electrons. The molecule has 0 unspecified atom stereocenters. The summed E-state index contributed by atoms with van der Waals surface area (Å²) in [6.45, 7) is 7.87. The lowest BCUT2D eigenvalue weighted by Gasteiger charge is -2.29. The summed E-state index contributed by atoms with van der Waals surface area (Å²) < 4.78 is 0. The SMILES string of the molecule is CC(C)NN(C(=O)c1ccc(Cl)c(Cl)c1)C(C)C. The average molecular weight is 289 g/mol. The van der Waals surface area contributed by atoms with Gasteiger partial charge in [-0.05, 0) is 45.9 Å². The fourth-order valence-corrected chi connectivity index (χ4v) is 1.79. The van der Waals surface area contributed by atoms with Gasteiger partial charge in [-0.15, -0.1) is 0 Å². The van der Waals surface area contributed by atoms with E-state index in [4.69, 9.17) is 23.2 Å². The quantitative estimate of drug-likeness (QED) is 0.856. The molecule has 1 aromatic rings. The van der Waals surface area contributed by atoms with E-state index in [2.05, 4.69) is 5.43 Å². The highest BCUT2D eigenvalue weighted by atomic mass is 35.5. The van der Waals surface area contributed by atoms with Crippen molar-refractivity contribution < 1.29 is 4.79 Å². The van der Waals surface area contributed by atoms with E-state index in [9.17, 15) is 4.79 Å². The van der Waals surface area contributed by atoms with Crippen molar-refractivity contribution in [3.8, 4) is 0 Å². The van der Waals surface area contributed by atoms with Gasteiger partial charge in [0.05, 0.1) is 10.0 Å². The van der Waals surface area contributed by atoms with Crippen LogP contribution >= 0.6 is 23.2 Å². The van der Waals surface area contributed by atoms with Crippen LogP contribution in [0.1, 0.15) is 38.1 Å². The van der Waals surface area contributed by atoms with Gasteiger partial charge in [-0.1, -0.05) is 23.2 Å². The standard InChI is InChI=1S/C13H18Cl2N2O/c1-8(2)16-17(9(3)4)13(18)10-5-6-11(14)12(15)7-10/h5-9,16H,1-4H3. The maximum absolute atomic E-state index is 12.3. The van der Waals surface area contributed by atoms with Gasteiger partial charge in [0.15, 0.2) is 0 Å². The number of nitrogens with zero attached hydrogens (tertiary/aromatic N) is 1. The van der Waals surface area contributed by atoms with E-state index in [0.717, 1.165) is 0 Å². The summed E-state index contributed by atoms with van der Waals surface area (Å²) in [6.07, 6.45) is 0. The van der Waals surface area contributed by atoms with Crippen molar-refractivity contribution in [1.29, 1.82) is 0 Å². The van der Waals surface area contributed by atoms with E-state index in [0.29, 0.717) is 15.6 Å². The Labute approximate surface area is 118 Å². The maximum Gasteiger partial charge on any atom is 0.268 e. The molecule has 0 heterocycles. The van der Waals surface area contributed by atoms with Crippen LogP contribution < -0.4 is 5.43 Å². The molecule has 100 valence electrons. The van der Waals surface area contributed by atoms with Crippen LogP contribution in [0, 0.1) is 0 Å². The fraction of sp³-hybridized carbons (Fsp3) is 0.462. The molecule has 1 aromatic carbocycles. The zero-order valence-corrected chi connectivity index (χ0v) is 12.5. The number of hydrogen-bond acceptors (Lipinski definition) is 2. The molecule has 5 heteroatoms. The summed E-state index contributed by atoms with van der Waals surface area (Å²) in [4.78, 5) is 12.3. The van der Waals surface area contributed by atoms with Crippen LogP contribution in [0.4, 0.5) is 0 Å². The normalized spacial score (nSPS) is 11.1. The van der Waals surface area contributed by atoms with E-state index >= 15 is 0 Å². The molecule has 0 bridgehead atoms. The molecule has 0 aliphatic rings. The number of amides is 1. The van der Waals surface area contributed by atoms with E-state index in [1.165, 1.54) is 0 Å². The van der Waals surface area contributed by atoms with Gasteiger partial charge >= 0.3 is 0 Å². The van der Waals surface area contributed by atoms with E-state index in [1.807, 2.05) is 27.7 Å². The van der Waals surface area contributed by atoms with Gasteiger partial charge in [0.2, 0.25) is 0 Å². The van der Waals surface area contributed by atoms with Crippen molar-refractivity contribution in [1.82, 2.24) is 10.4 Å². The first kappa shape index (κ1) is 15.3. The second-order valence-electron chi connectivity index (χ2n) is 4.68. The highest BCUT2D eigenvalue weighted by Crippen LogP contribution is 2.23. The highest BCUT2D eigenvalue weighted by Gasteiger charge is 2.20. The minimum atomic E-state index is -0.114. The number of hydrazine groups is 1. The first-order valence-electron chi connectivity index (χ1n) is 5.87. The van der Waals surface area contributed by atoms with Gasteiger partial charge in [-0.2, -0.15) is 0 Å².